The van der Waals surface area contributed by atoms with Gasteiger partial charge in [0.15, 0.2) is 5.78 Å². The number of ether oxygens (including phenoxy) is 1. The van der Waals surface area contributed by atoms with Crippen molar-refractivity contribution in [3.63, 3.8) is 0 Å². The summed E-state index contributed by atoms with van der Waals surface area (Å²) in [4.78, 5) is 37.6. The fraction of sp³-hybridized carbons (Fsp3) is 0.240. The molecule has 3 rings (SSSR count). The Kier molecular flexibility index (Phi) is 6.70. The van der Waals surface area contributed by atoms with E-state index in [1.54, 1.807) is 38.1 Å². The number of amides is 1. The smallest absolute Gasteiger partial charge is 0.355 e. The van der Waals surface area contributed by atoms with Crippen LogP contribution in [0.15, 0.2) is 54.6 Å². The highest BCUT2D eigenvalue weighted by molar-refractivity contribution is 6.09. The quantitative estimate of drug-likeness (QED) is 0.442. The van der Waals surface area contributed by atoms with Crippen molar-refractivity contribution in [2.24, 2.45) is 0 Å². The summed E-state index contributed by atoms with van der Waals surface area (Å²) in [5, 5.41) is 2.85. The molecule has 1 heterocycles. The molecule has 0 aliphatic heterocycles. The molecule has 0 radical (unpaired) electrons. The van der Waals surface area contributed by atoms with E-state index in [0.29, 0.717) is 40.3 Å². The normalized spacial score (nSPS) is 10.6. The molecule has 6 nitrogen and oxygen atoms in total. The minimum atomic E-state index is -0.461. The Bertz CT molecular complexity index is 1130. The zero-order valence-corrected chi connectivity index (χ0v) is 18.2. The van der Waals surface area contributed by atoms with Gasteiger partial charge in [0.25, 0.3) is 5.91 Å². The number of Topliss-reactive ketones (excluding diaryl/α,β-unsaturated/α-hetero) is 1. The summed E-state index contributed by atoms with van der Waals surface area (Å²) in [6, 6.07) is 16.5. The number of benzene rings is 2. The number of esters is 1. The highest BCUT2D eigenvalue weighted by Gasteiger charge is 2.27. The van der Waals surface area contributed by atoms with Crippen LogP contribution in [0.4, 0.5) is 5.69 Å². The number of carbonyl (C=O) groups excluding carboxylic acids is 3. The largest absolute Gasteiger partial charge is 0.461 e. The number of rotatable bonds is 7. The molecule has 0 bridgehead atoms. The highest BCUT2D eigenvalue weighted by atomic mass is 16.5. The van der Waals surface area contributed by atoms with Gasteiger partial charge in [0.2, 0.25) is 0 Å². The Morgan fingerprint density at radius 2 is 1.71 bits per heavy atom. The predicted molar refractivity (Wildman–Crippen MR) is 120 cm³/mol. The molecule has 0 aliphatic rings. The molecule has 6 heteroatoms. The fourth-order valence-electron chi connectivity index (χ4n) is 3.67. The van der Waals surface area contributed by atoms with E-state index >= 15 is 0 Å². The first-order valence-electron chi connectivity index (χ1n) is 10.2. The van der Waals surface area contributed by atoms with Crippen LogP contribution in [-0.4, -0.2) is 28.8 Å². The van der Waals surface area contributed by atoms with E-state index < -0.39 is 5.97 Å². The van der Waals surface area contributed by atoms with Crippen molar-refractivity contribution in [3.05, 3.63) is 88.2 Å². The average molecular weight is 418 g/mol. The minimum absolute atomic E-state index is 0.0814. The third kappa shape index (κ3) is 4.74. The van der Waals surface area contributed by atoms with E-state index in [-0.39, 0.29) is 18.3 Å². The Morgan fingerprint density at radius 1 is 1.00 bits per heavy atom. The zero-order valence-electron chi connectivity index (χ0n) is 18.2. The van der Waals surface area contributed by atoms with Gasteiger partial charge >= 0.3 is 5.97 Å². The average Bonchev–Trinajstić information content (AvgIpc) is 2.98. The Hall–Kier alpha value is -3.67. The summed E-state index contributed by atoms with van der Waals surface area (Å²) in [6.45, 7) is 7.48. The molecule has 31 heavy (non-hydrogen) atoms. The van der Waals surface area contributed by atoms with E-state index in [2.05, 4.69) is 5.32 Å². The van der Waals surface area contributed by atoms with E-state index in [1.807, 2.05) is 41.8 Å². The zero-order chi connectivity index (χ0) is 22.5. The van der Waals surface area contributed by atoms with Crippen molar-refractivity contribution < 1.29 is 19.1 Å². The van der Waals surface area contributed by atoms with E-state index in [1.165, 1.54) is 6.92 Å². The third-order valence-electron chi connectivity index (χ3n) is 5.17. The van der Waals surface area contributed by atoms with Crippen LogP contribution in [0.1, 0.15) is 61.9 Å². The van der Waals surface area contributed by atoms with Crippen LogP contribution in [0.25, 0.3) is 0 Å². The fourth-order valence-corrected chi connectivity index (χ4v) is 3.67. The van der Waals surface area contributed by atoms with E-state index in [0.717, 1.165) is 5.56 Å². The maximum atomic E-state index is 13.2. The highest BCUT2D eigenvalue weighted by Crippen LogP contribution is 2.26. The minimum Gasteiger partial charge on any atom is -0.461 e. The van der Waals surface area contributed by atoms with Gasteiger partial charge in [-0.05, 0) is 51.0 Å². The van der Waals surface area contributed by atoms with Gasteiger partial charge in [-0.15, -0.1) is 0 Å². The van der Waals surface area contributed by atoms with Crippen molar-refractivity contribution in [1.29, 1.82) is 0 Å². The second kappa shape index (κ2) is 9.43. The van der Waals surface area contributed by atoms with Crippen LogP contribution >= 0.6 is 0 Å². The van der Waals surface area contributed by atoms with Crippen molar-refractivity contribution in [2.75, 3.05) is 11.9 Å². The molecule has 0 saturated heterocycles. The first kappa shape index (κ1) is 22.0. The second-order valence-electron chi connectivity index (χ2n) is 7.32. The maximum Gasteiger partial charge on any atom is 0.355 e. The molecule has 0 unspecified atom stereocenters. The van der Waals surface area contributed by atoms with Crippen LogP contribution in [0.5, 0.6) is 0 Å². The number of anilines is 1. The Labute approximate surface area is 181 Å². The van der Waals surface area contributed by atoms with E-state index in [4.69, 9.17) is 4.74 Å². The molecule has 1 aromatic heterocycles. The van der Waals surface area contributed by atoms with Gasteiger partial charge in [-0.3, -0.25) is 9.59 Å². The maximum absolute atomic E-state index is 13.2. The summed E-state index contributed by atoms with van der Waals surface area (Å²) >= 11 is 0. The SMILES string of the molecule is CCOC(=O)c1c(C)c(C(=O)Nc2cccc(C(C)=O)c2)c(C)n1Cc1ccccc1. The lowest BCUT2D eigenvalue weighted by atomic mass is 10.1. The topological polar surface area (TPSA) is 77.4 Å². The van der Waals surface area contributed by atoms with Gasteiger partial charge in [0, 0.05) is 23.5 Å². The van der Waals surface area contributed by atoms with Crippen LogP contribution in [0, 0.1) is 13.8 Å². The van der Waals surface area contributed by atoms with Crippen LogP contribution < -0.4 is 5.32 Å². The Balaban J connectivity index is 2.02. The van der Waals surface area contributed by atoms with Gasteiger partial charge < -0.3 is 14.6 Å². The van der Waals surface area contributed by atoms with Gasteiger partial charge in [0.1, 0.15) is 5.69 Å². The standard InChI is InChI=1S/C25H26N2O4/c1-5-31-25(30)23-16(2)22(17(3)27(23)15-19-10-7-6-8-11-19)24(29)26-21-13-9-12-20(14-21)18(4)28/h6-14H,5,15H2,1-4H3,(H,26,29). The van der Waals surface area contributed by atoms with E-state index in [9.17, 15) is 14.4 Å². The van der Waals surface area contributed by atoms with Crippen LogP contribution in [-0.2, 0) is 11.3 Å². The molecule has 0 fully saturated rings. The van der Waals surface area contributed by atoms with Crippen molar-refractivity contribution in [3.8, 4) is 0 Å². The van der Waals surface area contributed by atoms with Crippen LogP contribution in [0.2, 0.25) is 0 Å². The lowest BCUT2D eigenvalue weighted by Gasteiger charge is -2.12. The first-order valence-corrected chi connectivity index (χ1v) is 10.2. The van der Waals surface area contributed by atoms with Gasteiger partial charge in [0.05, 0.1) is 12.2 Å². The van der Waals surface area contributed by atoms with Crippen molar-refractivity contribution in [1.82, 2.24) is 4.57 Å². The number of aromatic nitrogens is 1. The van der Waals surface area contributed by atoms with Gasteiger partial charge in [-0.1, -0.05) is 42.5 Å². The molecule has 0 spiro atoms. The lowest BCUT2D eigenvalue weighted by Crippen LogP contribution is -2.15. The lowest BCUT2D eigenvalue weighted by molar-refractivity contribution is 0.0513. The summed E-state index contributed by atoms with van der Waals surface area (Å²) in [5.74, 6) is -0.883. The molecule has 0 aliphatic carbocycles. The molecular formula is C25H26N2O4. The molecule has 160 valence electrons. The summed E-state index contributed by atoms with van der Waals surface area (Å²) < 4.78 is 7.09. The summed E-state index contributed by atoms with van der Waals surface area (Å²) in [7, 11) is 0. The molecule has 1 N–H and O–H groups in total. The number of nitrogens with one attached hydrogen (secondary N) is 1. The van der Waals surface area contributed by atoms with Crippen LogP contribution in [0.3, 0.4) is 0 Å². The predicted octanol–water partition coefficient (Wildman–Crippen LogP) is 4.78. The second-order valence-corrected chi connectivity index (χ2v) is 7.32. The summed E-state index contributed by atoms with van der Waals surface area (Å²) in [6.07, 6.45) is 0. The molecule has 0 atom stereocenters. The molecule has 0 saturated carbocycles. The van der Waals surface area contributed by atoms with Gasteiger partial charge in [-0.25, -0.2) is 4.79 Å². The van der Waals surface area contributed by atoms with Gasteiger partial charge in [-0.2, -0.15) is 0 Å². The monoisotopic (exact) mass is 418 g/mol. The number of hydrogen-bond donors (Lipinski definition) is 1. The Morgan fingerprint density at radius 3 is 2.35 bits per heavy atom. The third-order valence-corrected chi connectivity index (χ3v) is 5.17. The molecular weight excluding hydrogens is 392 g/mol. The number of carbonyl (C=O) groups is 3. The summed E-state index contributed by atoms with van der Waals surface area (Å²) in [5.41, 5.74) is 4.06. The van der Waals surface area contributed by atoms with Crippen molar-refractivity contribution in [2.45, 2.75) is 34.2 Å². The molecule has 2 aromatic carbocycles. The number of nitrogens with zero attached hydrogens (tertiary/aromatic N) is 1. The number of hydrogen-bond acceptors (Lipinski definition) is 4. The van der Waals surface area contributed by atoms with Crippen molar-refractivity contribution >= 4 is 23.3 Å². The number of ketones is 1. The molecule has 1 amide bonds. The first-order chi connectivity index (χ1) is 14.8. The molecule has 3 aromatic rings.